The van der Waals surface area contributed by atoms with Crippen molar-refractivity contribution in [2.45, 2.75) is 84.6 Å². The van der Waals surface area contributed by atoms with Crippen LogP contribution < -0.4 is 13.5 Å². The van der Waals surface area contributed by atoms with Gasteiger partial charge >= 0.3 is 22.2 Å². The quantitative estimate of drug-likeness (QED) is 0.109. The van der Waals surface area contributed by atoms with Crippen molar-refractivity contribution in [3.8, 4) is 67.1 Å². The van der Waals surface area contributed by atoms with E-state index in [0.29, 0.717) is 33.0 Å². The van der Waals surface area contributed by atoms with Crippen LogP contribution in [0.25, 0.3) is 120 Å². The first kappa shape index (κ1) is 55.3. The summed E-state index contributed by atoms with van der Waals surface area (Å²) in [6.45, 7) is 12.2. The normalized spacial score (nSPS) is 13.6. The Bertz CT molecular complexity index is 4450. The molecular formula is C73H61F3NO4PS2. The summed E-state index contributed by atoms with van der Waals surface area (Å²) in [5.41, 5.74) is 6.08. The molecule has 0 amide bonds. The van der Waals surface area contributed by atoms with Gasteiger partial charge in [-0.1, -0.05) is 225 Å². The van der Waals surface area contributed by atoms with E-state index < -0.39 is 22.2 Å². The van der Waals surface area contributed by atoms with E-state index in [2.05, 4.69) is 189 Å². The molecule has 11 heteroatoms. The molecule has 0 aliphatic carbocycles. The molecule has 1 N–H and O–H groups in total. The minimum Gasteiger partial charge on any atom is -0.423 e. The van der Waals surface area contributed by atoms with Crippen LogP contribution in [0.1, 0.15) is 101 Å². The molecule has 84 heavy (non-hydrogen) atoms. The van der Waals surface area contributed by atoms with Crippen molar-refractivity contribution in [3.63, 3.8) is 0 Å². The summed E-state index contributed by atoms with van der Waals surface area (Å²) in [6, 6.07) is 66.9. The molecule has 0 fully saturated rings. The monoisotopic (exact) mass is 1170 g/mol. The number of sulfonamides is 1. The van der Waals surface area contributed by atoms with Crippen LogP contribution in [0.15, 0.2) is 194 Å². The molecule has 0 unspecified atom stereocenters. The third-order valence-electron chi connectivity index (χ3n) is 16.8. The second kappa shape index (κ2) is 20.7. The van der Waals surface area contributed by atoms with Gasteiger partial charge in [-0.15, -0.1) is 4.49 Å². The molecule has 1 heterocycles. The van der Waals surface area contributed by atoms with E-state index in [-0.39, 0.29) is 35.2 Å². The Morgan fingerprint density at radius 1 is 0.381 bits per heavy atom. The highest BCUT2D eigenvalue weighted by Gasteiger charge is 2.51. The topological polar surface area (TPSA) is 64.6 Å². The van der Waals surface area contributed by atoms with Gasteiger partial charge in [0, 0.05) is 34.1 Å². The Morgan fingerprint density at radius 3 is 0.893 bits per heavy atom. The maximum Gasteiger partial charge on any atom is 0.511 e. The second-order valence-corrected chi connectivity index (χ2v) is 28.5. The van der Waals surface area contributed by atoms with Gasteiger partial charge in [-0.3, -0.25) is 0 Å². The van der Waals surface area contributed by atoms with Gasteiger partial charge in [-0.2, -0.15) is 13.2 Å². The average Bonchev–Trinajstić information content (AvgIpc) is 1.52. The van der Waals surface area contributed by atoms with Crippen LogP contribution in [0.5, 0.6) is 11.5 Å². The van der Waals surface area contributed by atoms with E-state index >= 15 is 13.2 Å². The van der Waals surface area contributed by atoms with Gasteiger partial charge in [0.1, 0.15) is 11.5 Å². The van der Waals surface area contributed by atoms with Gasteiger partial charge in [0.25, 0.3) is 0 Å². The van der Waals surface area contributed by atoms with Crippen LogP contribution in [0.3, 0.4) is 0 Å². The molecule has 0 radical (unpaired) electrons. The maximum absolute atomic E-state index is 15.1. The van der Waals surface area contributed by atoms with Gasteiger partial charge in [0.15, 0.2) is 0 Å². The zero-order valence-electron chi connectivity index (χ0n) is 47.8. The van der Waals surface area contributed by atoms with Crippen LogP contribution in [-0.2, 0) is 21.8 Å². The Kier molecular flexibility index (Phi) is 13.7. The molecule has 13 rings (SSSR count). The predicted molar refractivity (Wildman–Crippen MR) is 349 cm³/mol. The van der Waals surface area contributed by atoms with Gasteiger partial charge in [0.05, 0.1) is 0 Å². The predicted octanol–water partition coefficient (Wildman–Crippen LogP) is 21.9. The summed E-state index contributed by atoms with van der Waals surface area (Å²) < 4.78 is 89.1. The van der Waals surface area contributed by atoms with Crippen molar-refractivity contribution in [2.24, 2.45) is 0 Å². The van der Waals surface area contributed by atoms with Gasteiger partial charge in [-0.05, 0) is 168 Å². The van der Waals surface area contributed by atoms with Crippen LogP contribution in [-0.4, -0.2) is 13.9 Å². The van der Waals surface area contributed by atoms with Crippen molar-refractivity contribution in [3.05, 3.63) is 216 Å². The van der Waals surface area contributed by atoms with Crippen molar-refractivity contribution >= 4 is 93.1 Å². The Hall–Kier alpha value is -7.85. The lowest BCUT2D eigenvalue weighted by Crippen LogP contribution is -2.36. The SMILES string of the molecule is CC(C)c1cc(-c2c3ccccc3cc3ccccc23)cc(C(C)C)c1-c1cc2ccccc2c2c1OP(=S)(NS(=O)(=O)C(F)(F)F)Oc1c(-c3c(C(C)C)cc(-c4c5ccccc5cc5ccccc45)cc3C(C)C)cc3ccccc3c1-2. The summed E-state index contributed by atoms with van der Waals surface area (Å²) >= 11 is 6.34. The summed E-state index contributed by atoms with van der Waals surface area (Å²) in [4.78, 5) is 0. The highest BCUT2D eigenvalue weighted by atomic mass is 32.5. The lowest BCUT2D eigenvalue weighted by Gasteiger charge is -2.28. The summed E-state index contributed by atoms with van der Waals surface area (Å²) in [5, 5.41) is 11.9. The highest BCUT2D eigenvalue weighted by molar-refractivity contribution is 8.14. The molecule has 420 valence electrons. The molecular weight excluding hydrogens is 1110 g/mol. The Morgan fingerprint density at radius 2 is 0.631 bits per heavy atom. The fourth-order valence-corrected chi connectivity index (χ4v) is 17.1. The van der Waals surface area contributed by atoms with E-state index in [4.69, 9.17) is 20.9 Å². The molecule has 5 nitrogen and oxygen atoms in total. The largest absolute Gasteiger partial charge is 0.511 e. The third-order valence-corrected chi connectivity index (χ3v) is 21.2. The Balaban J connectivity index is 1.17. The standard InChI is InChI=1S/C73H61F3NO4PS2/c1-41(2)59-37-51(65-53-27-15-9-21-45(53)33-46-22-10-16-28-54(46)65)38-60(42(3)4)67(59)63-35-49-25-13-19-31-57(49)69-70-58-32-20-14-26-50(58)36-64(72(70)81-82(83,80-71(63)69)77-84(78,79)73(74,75)76)68-61(43(5)6)39-52(40-62(68)44(7)8)66-55-29-17-11-23-47(55)34-48-24-12-18-30-56(48)66/h9-44H,1-8H3,(H,77,83). The zero-order chi connectivity index (χ0) is 58.7. The molecule has 0 atom stereocenters. The highest BCUT2D eigenvalue weighted by Crippen LogP contribution is 2.64. The van der Waals surface area contributed by atoms with Gasteiger partial charge < -0.3 is 9.05 Å². The number of benzene rings is 12. The first-order valence-corrected chi connectivity index (χ1v) is 32.7. The molecule has 12 aromatic rings. The zero-order valence-corrected chi connectivity index (χ0v) is 50.3. The van der Waals surface area contributed by atoms with E-state index in [1.54, 1.807) is 0 Å². The number of halogens is 3. The Labute approximate surface area is 493 Å². The van der Waals surface area contributed by atoms with Crippen LogP contribution >= 0.6 is 6.64 Å². The molecule has 12 aromatic carbocycles. The molecule has 1 aliphatic heterocycles. The molecule has 1 aliphatic rings. The van der Waals surface area contributed by atoms with Crippen LogP contribution in [0.2, 0.25) is 0 Å². The van der Waals surface area contributed by atoms with Crippen molar-refractivity contribution in [2.75, 3.05) is 0 Å². The fourth-order valence-electron chi connectivity index (χ4n) is 13.0. The number of nitrogens with one attached hydrogen (secondary N) is 1. The van der Waals surface area contributed by atoms with Crippen molar-refractivity contribution in [1.82, 2.24) is 4.49 Å². The molecule has 0 spiro atoms. The molecule has 0 saturated heterocycles. The van der Waals surface area contributed by atoms with Crippen molar-refractivity contribution in [1.29, 1.82) is 0 Å². The fraction of sp³-hybridized carbons (Fsp3) is 0.178. The number of rotatable bonds is 10. The lowest BCUT2D eigenvalue weighted by atomic mass is 9.78. The smallest absolute Gasteiger partial charge is 0.423 e. The van der Waals surface area contributed by atoms with E-state index in [1.165, 1.54) is 0 Å². The molecule has 0 bridgehead atoms. The number of alkyl halides is 3. The van der Waals surface area contributed by atoms with Gasteiger partial charge in [0.2, 0.25) is 0 Å². The van der Waals surface area contributed by atoms with E-state index in [1.807, 2.05) is 65.2 Å². The van der Waals surface area contributed by atoms with Crippen LogP contribution in [0.4, 0.5) is 13.2 Å². The first-order chi connectivity index (χ1) is 40.2. The minimum atomic E-state index is -6.20. The number of fused-ring (bicyclic) bond motifs is 11. The van der Waals surface area contributed by atoms with E-state index in [0.717, 1.165) is 109 Å². The number of hydrogen-bond acceptors (Lipinski definition) is 5. The second-order valence-electron chi connectivity index (χ2n) is 23.5. The summed E-state index contributed by atoms with van der Waals surface area (Å²) in [6.07, 6.45) is 0. The maximum atomic E-state index is 15.1. The minimum absolute atomic E-state index is 0.104. The van der Waals surface area contributed by atoms with Crippen molar-refractivity contribution < 1.29 is 30.6 Å². The summed E-state index contributed by atoms with van der Waals surface area (Å²) in [5.74, 6) is -0.162. The lowest BCUT2D eigenvalue weighted by molar-refractivity contribution is -0.0442. The van der Waals surface area contributed by atoms with Crippen LogP contribution in [0, 0.1) is 0 Å². The van der Waals surface area contributed by atoms with E-state index in [9.17, 15) is 8.42 Å². The third kappa shape index (κ3) is 9.25. The molecule has 0 aromatic heterocycles. The average molecular weight is 1170 g/mol. The summed E-state index contributed by atoms with van der Waals surface area (Å²) in [7, 11) is -6.20. The molecule has 0 saturated carbocycles. The van der Waals surface area contributed by atoms with Gasteiger partial charge in [-0.25, -0.2) is 8.42 Å². The first-order valence-electron chi connectivity index (χ1n) is 28.6. The number of hydrogen-bond donors (Lipinski definition) is 1.